The molecule has 0 heterocycles. The fraction of sp³-hybridized carbons (Fsp3) is 0.417. The molecule has 1 N–H and O–H groups in total. The highest BCUT2D eigenvalue weighted by atomic mass is 19.4. The minimum absolute atomic E-state index is 0.128. The first-order chi connectivity index (χ1) is 10.0. The van der Waals surface area contributed by atoms with E-state index in [0.29, 0.717) is 11.6 Å². The number of rotatable bonds is 6. The van der Waals surface area contributed by atoms with Crippen molar-refractivity contribution < 1.29 is 35.5 Å². The van der Waals surface area contributed by atoms with E-state index in [1.165, 1.54) is 18.2 Å². The van der Waals surface area contributed by atoms with Crippen LogP contribution in [-0.4, -0.2) is 31.0 Å². The van der Waals surface area contributed by atoms with Gasteiger partial charge in [-0.25, -0.2) is 5.43 Å². The molecule has 1 aromatic carbocycles. The molecule has 1 aromatic rings. The Morgan fingerprint density at radius 1 is 1.09 bits per heavy atom. The highest BCUT2D eigenvalue weighted by Gasteiger charge is 2.73. The van der Waals surface area contributed by atoms with Crippen molar-refractivity contribution in [3.8, 4) is 5.75 Å². The molecule has 0 saturated carbocycles. The quantitative estimate of drug-likeness (QED) is 0.372. The van der Waals surface area contributed by atoms with Crippen LogP contribution in [0.3, 0.4) is 0 Å². The first kappa shape index (κ1) is 18.1. The Bertz CT molecular complexity index is 528. The van der Waals surface area contributed by atoms with Gasteiger partial charge in [-0.05, 0) is 19.1 Å². The lowest BCUT2D eigenvalue weighted by atomic mass is 10.2. The van der Waals surface area contributed by atoms with Crippen molar-refractivity contribution in [2.45, 2.75) is 25.1 Å². The molecule has 10 heteroatoms. The van der Waals surface area contributed by atoms with Crippen LogP contribution >= 0.6 is 0 Å². The van der Waals surface area contributed by atoms with Crippen molar-refractivity contribution in [1.29, 1.82) is 0 Å². The maximum atomic E-state index is 12.9. The van der Waals surface area contributed by atoms with Crippen LogP contribution < -0.4 is 10.2 Å². The summed E-state index contributed by atoms with van der Waals surface area (Å²) < 4.78 is 91.9. The van der Waals surface area contributed by atoms with Gasteiger partial charge in [0.2, 0.25) is 0 Å². The van der Waals surface area contributed by atoms with Crippen molar-refractivity contribution in [3.05, 3.63) is 29.8 Å². The topological polar surface area (TPSA) is 33.6 Å². The Morgan fingerprint density at radius 3 is 2.23 bits per heavy atom. The number of hydrogen-bond donors (Lipinski definition) is 1. The summed E-state index contributed by atoms with van der Waals surface area (Å²) in [4.78, 5) is 0. The minimum Gasteiger partial charge on any atom is -0.493 e. The van der Waals surface area contributed by atoms with Gasteiger partial charge in [0.25, 0.3) is 0 Å². The molecule has 0 fully saturated rings. The Kier molecular flexibility index (Phi) is 5.26. The van der Waals surface area contributed by atoms with Crippen molar-refractivity contribution in [2.75, 3.05) is 6.61 Å². The number of para-hydroxylation sites is 1. The number of hydrogen-bond acceptors (Lipinski definition) is 3. The molecule has 0 aromatic heterocycles. The number of nitrogens with zero attached hydrogens (tertiary/aromatic N) is 1. The third-order valence-electron chi connectivity index (χ3n) is 2.38. The first-order valence-corrected chi connectivity index (χ1v) is 5.87. The van der Waals surface area contributed by atoms with E-state index in [4.69, 9.17) is 4.74 Å². The van der Waals surface area contributed by atoms with Gasteiger partial charge in [-0.2, -0.15) is 35.8 Å². The van der Waals surface area contributed by atoms with Crippen molar-refractivity contribution in [1.82, 2.24) is 5.43 Å². The van der Waals surface area contributed by atoms with Gasteiger partial charge in [-0.15, -0.1) is 0 Å². The van der Waals surface area contributed by atoms with Crippen LogP contribution in [0.2, 0.25) is 0 Å². The fourth-order valence-electron chi connectivity index (χ4n) is 1.31. The molecule has 22 heavy (non-hydrogen) atoms. The van der Waals surface area contributed by atoms with Gasteiger partial charge in [-0.3, -0.25) is 0 Å². The average Bonchev–Trinajstić information content (AvgIpc) is 2.39. The molecule has 1 rings (SSSR count). The monoisotopic (exact) mass is 332 g/mol. The molecule has 3 nitrogen and oxygen atoms in total. The van der Waals surface area contributed by atoms with Crippen LogP contribution in [0.1, 0.15) is 12.5 Å². The highest BCUT2D eigenvalue weighted by molar-refractivity contribution is 5.83. The number of halogens is 7. The Balaban J connectivity index is 2.89. The number of benzene rings is 1. The third kappa shape index (κ3) is 3.80. The molecule has 0 saturated heterocycles. The SMILES string of the molecule is CCOc1ccccc1/C=N\NC(F)(F)C(F)(F)C(F)(F)F. The van der Waals surface area contributed by atoms with Crippen molar-refractivity contribution >= 4 is 6.21 Å². The van der Waals surface area contributed by atoms with Gasteiger partial charge < -0.3 is 4.74 Å². The average molecular weight is 332 g/mol. The van der Waals surface area contributed by atoms with E-state index in [1.54, 1.807) is 13.0 Å². The summed E-state index contributed by atoms with van der Waals surface area (Å²) in [6.07, 6.45) is -5.76. The lowest BCUT2D eigenvalue weighted by Crippen LogP contribution is -2.58. The second kappa shape index (κ2) is 6.41. The van der Waals surface area contributed by atoms with E-state index in [1.807, 2.05) is 0 Å². The standard InChI is InChI=1S/C12H11F7N2O/c1-2-22-9-6-4-3-5-8(9)7-20-21-12(18,19)10(13,14)11(15,16)17/h3-7,21H,2H2,1H3/b20-7-. The zero-order valence-corrected chi connectivity index (χ0v) is 11.1. The Hall–Kier alpha value is -2.00. The van der Waals surface area contributed by atoms with Crippen LogP contribution in [0.15, 0.2) is 29.4 Å². The number of ether oxygens (including phenoxy) is 1. The lowest BCUT2D eigenvalue weighted by molar-refractivity contribution is -0.361. The summed E-state index contributed by atoms with van der Waals surface area (Å²) in [6, 6.07) is 0.250. The van der Waals surface area contributed by atoms with Gasteiger partial charge >= 0.3 is 18.1 Å². The molecule has 0 radical (unpaired) electrons. The van der Waals surface area contributed by atoms with Gasteiger partial charge in [-0.1, -0.05) is 12.1 Å². The van der Waals surface area contributed by atoms with Crippen LogP contribution in [0, 0.1) is 0 Å². The molecular formula is C12H11F7N2O. The molecule has 0 aliphatic heterocycles. The number of hydrazone groups is 1. The number of nitrogens with one attached hydrogen (secondary N) is 1. The number of alkyl halides is 7. The van der Waals surface area contributed by atoms with Crippen LogP contribution in [0.5, 0.6) is 5.75 Å². The Labute approximate surface area is 120 Å². The van der Waals surface area contributed by atoms with Gasteiger partial charge in [0.1, 0.15) is 5.75 Å². The maximum absolute atomic E-state index is 12.9. The zero-order chi connectivity index (χ0) is 17.0. The molecule has 0 aliphatic rings. The predicted molar refractivity (Wildman–Crippen MR) is 64.3 cm³/mol. The van der Waals surface area contributed by atoms with Gasteiger partial charge in [0.15, 0.2) is 0 Å². The normalized spacial score (nSPS) is 13.5. The van der Waals surface area contributed by atoms with Crippen molar-refractivity contribution in [3.63, 3.8) is 0 Å². The van der Waals surface area contributed by atoms with E-state index < -0.39 is 18.1 Å². The van der Waals surface area contributed by atoms with Crippen LogP contribution in [0.4, 0.5) is 30.7 Å². The van der Waals surface area contributed by atoms with E-state index in [-0.39, 0.29) is 17.9 Å². The van der Waals surface area contributed by atoms with Gasteiger partial charge in [0, 0.05) is 5.56 Å². The second-order valence-electron chi connectivity index (χ2n) is 3.99. The zero-order valence-electron chi connectivity index (χ0n) is 11.1. The second-order valence-corrected chi connectivity index (χ2v) is 3.99. The smallest absolute Gasteiger partial charge is 0.462 e. The van der Waals surface area contributed by atoms with E-state index in [0.717, 1.165) is 0 Å². The largest absolute Gasteiger partial charge is 0.493 e. The van der Waals surface area contributed by atoms with E-state index in [2.05, 4.69) is 5.10 Å². The predicted octanol–water partition coefficient (Wildman–Crippen LogP) is 3.80. The summed E-state index contributed by atoms with van der Waals surface area (Å²) in [7, 11) is 0. The summed E-state index contributed by atoms with van der Waals surface area (Å²) in [5.74, 6) is -6.06. The molecular weight excluding hydrogens is 321 g/mol. The van der Waals surface area contributed by atoms with Crippen molar-refractivity contribution in [2.24, 2.45) is 5.10 Å². The van der Waals surface area contributed by atoms with E-state index >= 15 is 0 Å². The fourth-order valence-corrected chi connectivity index (χ4v) is 1.31. The maximum Gasteiger partial charge on any atom is 0.462 e. The third-order valence-corrected chi connectivity index (χ3v) is 2.38. The molecule has 0 spiro atoms. The van der Waals surface area contributed by atoms with E-state index in [9.17, 15) is 30.7 Å². The molecule has 0 bridgehead atoms. The molecule has 0 atom stereocenters. The first-order valence-electron chi connectivity index (χ1n) is 5.87. The summed E-state index contributed by atoms with van der Waals surface area (Å²) in [5, 5.41) is 2.75. The molecule has 124 valence electrons. The highest BCUT2D eigenvalue weighted by Crippen LogP contribution is 2.44. The molecule has 0 amide bonds. The van der Waals surface area contributed by atoms with Crippen LogP contribution in [-0.2, 0) is 0 Å². The van der Waals surface area contributed by atoms with Gasteiger partial charge in [0.05, 0.1) is 12.8 Å². The summed E-state index contributed by atoms with van der Waals surface area (Å²) in [6.45, 7) is 1.88. The molecule has 0 aliphatic carbocycles. The minimum atomic E-state index is -6.41. The lowest BCUT2D eigenvalue weighted by Gasteiger charge is -2.27. The summed E-state index contributed by atoms with van der Waals surface area (Å²) >= 11 is 0. The van der Waals surface area contributed by atoms with Crippen LogP contribution in [0.25, 0.3) is 0 Å². The summed E-state index contributed by atoms with van der Waals surface area (Å²) in [5.41, 5.74) is 0.662. The Morgan fingerprint density at radius 2 is 1.68 bits per heavy atom. The molecule has 0 unspecified atom stereocenters.